The summed E-state index contributed by atoms with van der Waals surface area (Å²) >= 11 is 0. The van der Waals surface area contributed by atoms with E-state index in [0.717, 1.165) is 57.1 Å². The van der Waals surface area contributed by atoms with Crippen LogP contribution in [0.3, 0.4) is 0 Å². The second-order valence-corrected chi connectivity index (χ2v) is 18.5. The number of carbonyl (C=O) groups is 3. The third-order valence-electron chi connectivity index (χ3n) is 12.1. The van der Waals surface area contributed by atoms with E-state index in [4.69, 9.17) is 18.9 Å². The van der Waals surface area contributed by atoms with Gasteiger partial charge >= 0.3 is 6.09 Å². The first-order chi connectivity index (χ1) is 27.9. The Morgan fingerprint density at radius 1 is 1.00 bits per heavy atom. The molecule has 0 bridgehead atoms. The maximum Gasteiger partial charge on any atom is 0.408 e. The number of carbonyl (C=O) groups excluding carboxylic acids is 3. The Bertz CT molecular complexity index is 2030. The molecule has 3 aromatic rings. The van der Waals surface area contributed by atoms with Crippen molar-refractivity contribution in [1.29, 1.82) is 0 Å². The fourth-order valence-electron chi connectivity index (χ4n) is 8.88. The normalized spacial score (nSPS) is 26.7. The first-order valence-corrected chi connectivity index (χ1v) is 22.4. The van der Waals surface area contributed by atoms with Gasteiger partial charge in [0.15, 0.2) is 0 Å². The predicted molar refractivity (Wildman–Crippen MR) is 211 cm³/mol. The number of nitrogens with one attached hydrogen (secondary N) is 2. The van der Waals surface area contributed by atoms with Crippen LogP contribution in [-0.4, -0.2) is 82.5 Å². The van der Waals surface area contributed by atoms with Crippen molar-refractivity contribution >= 4 is 36.2 Å². The number of fused-ring (bicyclic) bond motifs is 3. The van der Waals surface area contributed by atoms with Crippen molar-refractivity contribution in [3.8, 4) is 17.4 Å². The first-order valence-electron chi connectivity index (χ1n) is 20.5. The lowest BCUT2D eigenvalue weighted by Crippen LogP contribution is -2.55. The van der Waals surface area contributed by atoms with Gasteiger partial charge in [-0.25, -0.2) is 18.6 Å². The molecule has 13 nitrogen and oxygen atoms in total. The number of amides is 3. The van der Waals surface area contributed by atoms with Crippen LogP contribution in [0.25, 0.3) is 10.9 Å². The smallest absolute Gasteiger partial charge is 0.408 e. The molecule has 16 heteroatoms. The average Bonchev–Trinajstić information content (AvgIpc) is 3.46. The van der Waals surface area contributed by atoms with E-state index in [1.165, 1.54) is 11.0 Å². The van der Waals surface area contributed by atoms with Gasteiger partial charge in [0.05, 0.1) is 31.9 Å². The van der Waals surface area contributed by atoms with E-state index >= 15 is 0 Å². The lowest BCUT2D eigenvalue weighted by molar-refractivity contribution is -0.140. The Morgan fingerprint density at radius 3 is 2.43 bits per heavy atom. The van der Waals surface area contributed by atoms with E-state index in [1.54, 1.807) is 31.4 Å². The second-order valence-electron chi connectivity index (χ2n) is 16.0. The van der Waals surface area contributed by atoms with Crippen molar-refractivity contribution in [2.45, 2.75) is 126 Å². The number of ether oxygens (including phenoxy) is 4. The molecular weight excluding hydrogens is 773 g/mol. The van der Waals surface area contributed by atoms with Crippen molar-refractivity contribution in [2.75, 3.05) is 20.3 Å². The summed E-state index contributed by atoms with van der Waals surface area (Å²) in [6, 6.07) is 8.01. The maximum atomic E-state index is 14.9. The summed E-state index contributed by atoms with van der Waals surface area (Å²) in [7, 11) is -2.97. The third kappa shape index (κ3) is 9.05. The van der Waals surface area contributed by atoms with Gasteiger partial charge in [0.2, 0.25) is 25.1 Å². The van der Waals surface area contributed by atoms with Crippen molar-refractivity contribution in [2.24, 2.45) is 5.92 Å². The summed E-state index contributed by atoms with van der Waals surface area (Å²) in [6.45, 7) is 2.12. The van der Waals surface area contributed by atoms with E-state index in [2.05, 4.69) is 15.6 Å². The molecule has 4 aliphatic rings. The lowest BCUT2D eigenvalue weighted by Gasteiger charge is -2.31. The van der Waals surface area contributed by atoms with E-state index in [-0.39, 0.29) is 25.5 Å². The molecule has 2 aliphatic heterocycles. The second kappa shape index (κ2) is 17.8. The van der Waals surface area contributed by atoms with Crippen molar-refractivity contribution in [3.63, 3.8) is 0 Å². The van der Waals surface area contributed by atoms with Crippen LogP contribution < -0.4 is 24.8 Å². The Labute approximate surface area is 337 Å². The standard InChI is InChI=1S/C42H53F2N4O9P/c1-3-55-38-22-37(30-19-18-28(54-2)20-35(30)45-38)56-29-21-36-39(49)47-42(58(52,53)25-31-32(43)15-11-16-33(31)44)23-26(42)12-7-5-4-6-8-17-34(40(50)48(36)24-29)46-41(51)57-27-13-9-10-14-27/h11,15-16,18-20,22,26-27,29,34,36H,3-10,12-14,17,21,23-25H2,1-2H3,(H,46,51)(H,47,49)(H,52,53)/t26-,29-,34+,36+,42+/m1/s1. The predicted octanol–water partition coefficient (Wildman–Crippen LogP) is 7.35. The van der Waals surface area contributed by atoms with Gasteiger partial charge in [-0.3, -0.25) is 14.2 Å². The van der Waals surface area contributed by atoms with E-state index < -0.39 is 78.0 Å². The summed E-state index contributed by atoms with van der Waals surface area (Å²) in [6.07, 6.45) is 5.69. The molecule has 7 rings (SSSR count). The Morgan fingerprint density at radius 2 is 1.71 bits per heavy atom. The van der Waals surface area contributed by atoms with Crippen LogP contribution in [0, 0.1) is 17.6 Å². The van der Waals surface area contributed by atoms with Crippen LogP contribution in [0.5, 0.6) is 17.4 Å². The molecule has 2 saturated carbocycles. The number of aromatic nitrogens is 1. The topological polar surface area (TPSA) is 166 Å². The minimum atomic E-state index is -4.52. The molecule has 2 aliphatic carbocycles. The number of benzene rings is 2. The summed E-state index contributed by atoms with van der Waals surface area (Å²) in [5, 5.41) is 4.68. The number of pyridine rings is 1. The zero-order valence-electron chi connectivity index (χ0n) is 33.1. The van der Waals surface area contributed by atoms with Crippen molar-refractivity contribution in [3.05, 3.63) is 59.7 Å². The van der Waals surface area contributed by atoms with Gasteiger partial charge in [0, 0.05) is 29.5 Å². The molecule has 314 valence electrons. The molecule has 3 heterocycles. The van der Waals surface area contributed by atoms with Gasteiger partial charge < -0.3 is 39.4 Å². The minimum absolute atomic E-state index is 0.000822. The maximum absolute atomic E-state index is 14.9. The van der Waals surface area contributed by atoms with Gasteiger partial charge in [-0.1, -0.05) is 38.2 Å². The molecular formula is C42H53F2N4O9P. The van der Waals surface area contributed by atoms with Crippen molar-refractivity contribution in [1.82, 2.24) is 20.5 Å². The molecule has 3 N–H and O–H groups in total. The molecule has 1 aromatic heterocycles. The molecule has 58 heavy (non-hydrogen) atoms. The quantitative estimate of drug-likeness (QED) is 0.176. The van der Waals surface area contributed by atoms with Crippen LogP contribution in [0.1, 0.15) is 96.0 Å². The zero-order chi connectivity index (χ0) is 41.0. The van der Waals surface area contributed by atoms with Gasteiger partial charge in [-0.05, 0) is 82.1 Å². The van der Waals surface area contributed by atoms with Gasteiger partial charge in [0.25, 0.3) is 0 Å². The van der Waals surface area contributed by atoms with E-state index in [0.29, 0.717) is 60.6 Å². The summed E-state index contributed by atoms with van der Waals surface area (Å²) < 4.78 is 67.5. The molecule has 1 unspecified atom stereocenters. The summed E-state index contributed by atoms with van der Waals surface area (Å²) in [5.41, 5.74) is 0.0235. The van der Waals surface area contributed by atoms with Gasteiger partial charge in [0.1, 0.15) is 52.7 Å². The average molecular weight is 827 g/mol. The molecule has 2 saturated heterocycles. The number of nitrogens with zero attached hydrogens (tertiary/aromatic N) is 2. The molecule has 0 radical (unpaired) electrons. The molecule has 3 amide bonds. The Balaban J connectivity index is 1.21. The number of hydrogen-bond donors (Lipinski definition) is 3. The fraction of sp³-hybridized carbons (Fsp3) is 0.571. The molecule has 4 fully saturated rings. The molecule has 2 aromatic carbocycles. The summed E-state index contributed by atoms with van der Waals surface area (Å²) in [4.78, 5) is 60.2. The minimum Gasteiger partial charge on any atom is -0.497 e. The number of alkyl carbamates (subject to hydrolysis) is 1. The third-order valence-corrected chi connectivity index (χ3v) is 14.7. The first kappa shape index (κ1) is 41.7. The molecule has 0 spiro atoms. The largest absolute Gasteiger partial charge is 0.497 e. The zero-order valence-corrected chi connectivity index (χ0v) is 33.9. The van der Waals surface area contributed by atoms with Crippen LogP contribution in [0.15, 0.2) is 42.5 Å². The van der Waals surface area contributed by atoms with Crippen LogP contribution in [-0.2, 0) is 25.1 Å². The van der Waals surface area contributed by atoms with Crippen LogP contribution in [0.4, 0.5) is 13.6 Å². The Kier molecular flexibility index (Phi) is 12.8. The summed E-state index contributed by atoms with van der Waals surface area (Å²) in [5.74, 6) is -2.23. The van der Waals surface area contributed by atoms with Gasteiger partial charge in [-0.2, -0.15) is 0 Å². The highest BCUT2D eigenvalue weighted by atomic mass is 31.2. The van der Waals surface area contributed by atoms with Gasteiger partial charge in [-0.15, -0.1) is 0 Å². The monoisotopic (exact) mass is 826 g/mol. The van der Waals surface area contributed by atoms with E-state index in [1.807, 2.05) is 6.92 Å². The highest BCUT2D eigenvalue weighted by molar-refractivity contribution is 7.59. The SMILES string of the molecule is CCOc1cc(O[C@@H]2C[C@H]3C(=O)N[C@]4(P(=O)(O)Cc5c(F)cccc5F)C[C@H]4CCCCCCC[C@H](NC(=O)OC4CCCC4)C(=O)N3C2)c2ccc(OC)cc2n1. The number of halogens is 2. The van der Waals surface area contributed by atoms with E-state index in [9.17, 15) is 32.6 Å². The van der Waals surface area contributed by atoms with Crippen LogP contribution in [0.2, 0.25) is 0 Å². The lowest BCUT2D eigenvalue weighted by atomic mass is 10.0. The number of hydrogen-bond acceptors (Lipinski definition) is 9. The van der Waals surface area contributed by atoms with Crippen LogP contribution >= 0.6 is 7.37 Å². The Hall–Kier alpha value is -4.49. The highest BCUT2D eigenvalue weighted by Crippen LogP contribution is 2.71. The number of rotatable bonds is 10. The number of methoxy groups -OCH3 is 1. The van der Waals surface area contributed by atoms with Crippen molar-refractivity contribution < 1.29 is 51.6 Å². The highest BCUT2D eigenvalue weighted by Gasteiger charge is 2.66. The molecule has 6 atom stereocenters. The fourth-order valence-corrected chi connectivity index (χ4v) is 11.4.